The van der Waals surface area contributed by atoms with Gasteiger partial charge in [-0.25, -0.2) is 0 Å². The van der Waals surface area contributed by atoms with Gasteiger partial charge in [0.1, 0.15) is 31.0 Å². The Morgan fingerprint density at radius 2 is 1.07 bits per heavy atom. The lowest BCUT2D eigenvalue weighted by molar-refractivity contribution is -0.305. The normalized spacial score (nSPS) is 21.2. The van der Waals surface area contributed by atoms with E-state index in [-0.39, 0.29) is 26.1 Å². The van der Waals surface area contributed by atoms with Gasteiger partial charge in [0.25, 0.3) is 0 Å². The average Bonchev–Trinajstić information content (AvgIpc) is 3.18. The Kier molecular flexibility index (Phi) is 32.8. The summed E-state index contributed by atoms with van der Waals surface area (Å²) in [7, 11) is 0. The van der Waals surface area contributed by atoms with Crippen molar-refractivity contribution in [3.8, 4) is 0 Å². The van der Waals surface area contributed by atoms with Crippen molar-refractivity contribution in [2.24, 2.45) is 0 Å². The highest BCUT2D eigenvalue weighted by Gasteiger charge is 2.44. The van der Waals surface area contributed by atoms with Gasteiger partial charge < -0.3 is 39.4 Å². The molecule has 55 heavy (non-hydrogen) atoms. The second-order valence-corrected chi connectivity index (χ2v) is 14.4. The molecular formula is C45H76O10. The molecule has 1 heterocycles. The fourth-order valence-electron chi connectivity index (χ4n) is 6.00. The Morgan fingerprint density at radius 3 is 1.62 bits per heavy atom. The molecule has 1 rings (SSSR count). The molecule has 0 bridgehead atoms. The van der Waals surface area contributed by atoms with Gasteiger partial charge in [-0.1, -0.05) is 126 Å². The fraction of sp³-hybridized carbons (Fsp3) is 0.733. The van der Waals surface area contributed by atoms with E-state index in [2.05, 4.69) is 74.6 Å². The van der Waals surface area contributed by atoms with Gasteiger partial charge in [0.05, 0.1) is 13.2 Å². The summed E-state index contributed by atoms with van der Waals surface area (Å²) in [5, 5.41) is 40.0. The third-order valence-electron chi connectivity index (χ3n) is 9.39. The molecule has 0 aromatic rings. The van der Waals surface area contributed by atoms with Crippen LogP contribution in [0.4, 0.5) is 0 Å². The van der Waals surface area contributed by atoms with E-state index in [4.69, 9.17) is 18.9 Å². The third-order valence-corrected chi connectivity index (χ3v) is 9.39. The largest absolute Gasteiger partial charge is 0.462 e. The van der Waals surface area contributed by atoms with Crippen LogP contribution in [0.25, 0.3) is 0 Å². The molecule has 10 heteroatoms. The van der Waals surface area contributed by atoms with Crippen LogP contribution < -0.4 is 0 Å². The van der Waals surface area contributed by atoms with Crippen LogP contribution in [0.3, 0.4) is 0 Å². The fourth-order valence-corrected chi connectivity index (χ4v) is 6.00. The molecule has 10 nitrogen and oxygen atoms in total. The molecule has 0 amide bonds. The number of unbranched alkanes of at least 4 members (excludes halogenated alkanes) is 13. The highest BCUT2D eigenvalue weighted by atomic mass is 16.7. The second-order valence-electron chi connectivity index (χ2n) is 14.4. The second kappa shape index (κ2) is 35.8. The predicted molar refractivity (Wildman–Crippen MR) is 219 cm³/mol. The SMILES string of the molecule is CC/C=C/C/C=C/C/C=C/CCCCCCCC(=O)OCC(CO[C@@H]1O[C@H](CO)[C@H](O)[C@H](O)[C@H]1O)OC(=O)CCCCCCC/C=C\C/C=C\CCCCC. The number of hydrogen-bond acceptors (Lipinski definition) is 10. The Bertz CT molecular complexity index is 1080. The molecule has 1 aliphatic rings. The molecule has 0 saturated carbocycles. The number of ether oxygens (including phenoxy) is 4. The van der Waals surface area contributed by atoms with Gasteiger partial charge in [-0.05, 0) is 77.0 Å². The van der Waals surface area contributed by atoms with Crippen LogP contribution in [0.15, 0.2) is 60.8 Å². The number of aliphatic hydroxyl groups excluding tert-OH is 4. The summed E-state index contributed by atoms with van der Waals surface area (Å²) in [4.78, 5) is 25.3. The van der Waals surface area contributed by atoms with E-state index in [0.29, 0.717) is 12.8 Å². The molecule has 0 aliphatic carbocycles. The molecule has 4 N–H and O–H groups in total. The standard InChI is InChI=1S/C45H76O10/c1-3-5-7-9-11-13-15-17-19-21-23-25-27-29-31-33-40(47)52-36-38(37-53-45-44(51)43(50)42(49)39(35-46)55-45)54-41(48)34-32-30-28-26-24-22-20-18-16-14-12-10-8-6-4-2/h5,7,11-14,17-20,38-39,42-46,49-51H,3-4,6,8-10,15-16,21-37H2,1-2H3/b7-5+,13-11+,14-12-,19-17+,20-18-/t38?,39-,42+,43+,44-,45-/m1/s1. The van der Waals surface area contributed by atoms with E-state index in [1.807, 2.05) is 0 Å². The van der Waals surface area contributed by atoms with E-state index < -0.39 is 55.4 Å². The van der Waals surface area contributed by atoms with Crippen LogP contribution in [0.2, 0.25) is 0 Å². The number of rotatable bonds is 34. The van der Waals surface area contributed by atoms with Gasteiger partial charge in [0, 0.05) is 12.8 Å². The number of hydrogen-bond donors (Lipinski definition) is 4. The molecular weight excluding hydrogens is 700 g/mol. The number of carbonyl (C=O) groups excluding carboxylic acids is 2. The van der Waals surface area contributed by atoms with Gasteiger partial charge in [-0.3, -0.25) is 9.59 Å². The van der Waals surface area contributed by atoms with Crippen LogP contribution in [0, 0.1) is 0 Å². The minimum Gasteiger partial charge on any atom is -0.462 e. The highest BCUT2D eigenvalue weighted by molar-refractivity contribution is 5.70. The first-order chi connectivity index (χ1) is 26.8. The number of carbonyl (C=O) groups is 2. The number of aliphatic hydroxyl groups is 4. The third kappa shape index (κ3) is 27.6. The zero-order valence-corrected chi connectivity index (χ0v) is 34.2. The minimum atomic E-state index is -1.60. The maximum absolute atomic E-state index is 12.7. The smallest absolute Gasteiger partial charge is 0.306 e. The van der Waals surface area contributed by atoms with Crippen molar-refractivity contribution in [2.75, 3.05) is 19.8 Å². The zero-order chi connectivity index (χ0) is 40.2. The molecule has 1 unspecified atom stereocenters. The van der Waals surface area contributed by atoms with E-state index in [1.54, 1.807) is 0 Å². The molecule has 1 saturated heterocycles. The molecule has 0 spiro atoms. The highest BCUT2D eigenvalue weighted by Crippen LogP contribution is 2.22. The van der Waals surface area contributed by atoms with Crippen molar-refractivity contribution < 1.29 is 49.0 Å². The molecule has 0 radical (unpaired) electrons. The van der Waals surface area contributed by atoms with Crippen LogP contribution in [0.1, 0.15) is 155 Å². The first-order valence-electron chi connectivity index (χ1n) is 21.4. The summed E-state index contributed by atoms with van der Waals surface area (Å²) in [6.07, 6.45) is 35.1. The van der Waals surface area contributed by atoms with Gasteiger partial charge >= 0.3 is 11.9 Å². The van der Waals surface area contributed by atoms with Crippen LogP contribution in [-0.2, 0) is 28.5 Å². The molecule has 1 fully saturated rings. The maximum atomic E-state index is 12.7. The van der Waals surface area contributed by atoms with Crippen molar-refractivity contribution in [2.45, 2.75) is 192 Å². The van der Waals surface area contributed by atoms with E-state index in [9.17, 15) is 30.0 Å². The van der Waals surface area contributed by atoms with Crippen LogP contribution in [0.5, 0.6) is 0 Å². The summed E-state index contributed by atoms with van der Waals surface area (Å²) in [5.74, 6) is -0.848. The van der Waals surface area contributed by atoms with E-state index >= 15 is 0 Å². The van der Waals surface area contributed by atoms with E-state index in [1.165, 1.54) is 19.3 Å². The Balaban J connectivity index is 2.38. The summed E-state index contributed by atoms with van der Waals surface area (Å²) >= 11 is 0. The lowest BCUT2D eigenvalue weighted by Crippen LogP contribution is -2.59. The van der Waals surface area contributed by atoms with Crippen molar-refractivity contribution in [1.82, 2.24) is 0 Å². The lowest BCUT2D eigenvalue weighted by Gasteiger charge is -2.39. The molecule has 316 valence electrons. The molecule has 1 aliphatic heterocycles. The first kappa shape index (κ1) is 50.4. The van der Waals surface area contributed by atoms with Crippen molar-refractivity contribution in [3.63, 3.8) is 0 Å². The zero-order valence-electron chi connectivity index (χ0n) is 34.2. The quantitative estimate of drug-likeness (QED) is 0.0284. The van der Waals surface area contributed by atoms with E-state index in [0.717, 1.165) is 96.3 Å². The Hall–Kier alpha value is -2.60. The molecule has 6 atom stereocenters. The monoisotopic (exact) mass is 777 g/mol. The number of allylic oxidation sites excluding steroid dienone is 10. The van der Waals surface area contributed by atoms with Crippen molar-refractivity contribution in [3.05, 3.63) is 60.8 Å². The number of esters is 2. The summed E-state index contributed by atoms with van der Waals surface area (Å²) < 4.78 is 22.1. The van der Waals surface area contributed by atoms with Crippen LogP contribution in [-0.4, -0.2) is 89.0 Å². The van der Waals surface area contributed by atoms with Crippen LogP contribution >= 0.6 is 0 Å². The topological polar surface area (TPSA) is 152 Å². The lowest BCUT2D eigenvalue weighted by atomic mass is 9.99. The molecule has 0 aromatic carbocycles. The minimum absolute atomic E-state index is 0.207. The van der Waals surface area contributed by atoms with Gasteiger partial charge in [-0.15, -0.1) is 0 Å². The summed E-state index contributed by atoms with van der Waals surface area (Å²) in [5.41, 5.74) is 0. The van der Waals surface area contributed by atoms with Gasteiger partial charge in [-0.2, -0.15) is 0 Å². The first-order valence-corrected chi connectivity index (χ1v) is 21.4. The predicted octanol–water partition coefficient (Wildman–Crippen LogP) is 8.66. The van der Waals surface area contributed by atoms with Crippen molar-refractivity contribution in [1.29, 1.82) is 0 Å². The summed E-state index contributed by atoms with van der Waals surface area (Å²) in [6, 6.07) is 0. The van der Waals surface area contributed by atoms with Crippen molar-refractivity contribution >= 4 is 11.9 Å². The maximum Gasteiger partial charge on any atom is 0.306 e. The van der Waals surface area contributed by atoms with Gasteiger partial charge in [0.15, 0.2) is 12.4 Å². The van der Waals surface area contributed by atoms with Gasteiger partial charge in [0.2, 0.25) is 0 Å². The molecule has 0 aromatic heterocycles. The Labute approximate surface area is 332 Å². The Morgan fingerprint density at radius 1 is 0.582 bits per heavy atom. The summed E-state index contributed by atoms with van der Waals surface area (Å²) in [6.45, 7) is 3.23. The average molecular weight is 777 g/mol.